The average molecular weight is 381 g/mol. The van der Waals surface area contributed by atoms with E-state index in [9.17, 15) is 4.79 Å². The lowest BCUT2D eigenvalue weighted by molar-refractivity contribution is -0.929. The van der Waals surface area contributed by atoms with Crippen LogP contribution < -0.4 is 10.2 Å². The van der Waals surface area contributed by atoms with Gasteiger partial charge in [0.1, 0.15) is 6.04 Å². The van der Waals surface area contributed by atoms with Crippen LogP contribution in [0.1, 0.15) is 41.4 Å². The number of carbonyl (C=O) groups excluding carboxylic acids is 1. The van der Waals surface area contributed by atoms with Crippen LogP contribution in [0.3, 0.4) is 0 Å². The molecule has 1 aliphatic rings. The predicted octanol–water partition coefficient (Wildman–Crippen LogP) is 3.66. The Kier molecular flexibility index (Phi) is 5.23. The molecular formula is C22H26N3OS+. The largest absolute Gasteiger partial charge is 0.321 e. The van der Waals surface area contributed by atoms with Gasteiger partial charge >= 0.3 is 0 Å². The molecule has 1 unspecified atom stereocenters. The van der Waals surface area contributed by atoms with Gasteiger partial charge in [-0.3, -0.25) is 4.79 Å². The van der Waals surface area contributed by atoms with Crippen molar-refractivity contribution < 1.29 is 9.69 Å². The Balaban J connectivity index is 1.48. The predicted molar refractivity (Wildman–Crippen MR) is 111 cm³/mol. The summed E-state index contributed by atoms with van der Waals surface area (Å²) in [6.07, 6.45) is 3.49. The van der Waals surface area contributed by atoms with E-state index in [4.69, 9.17) is 4.98 Å². The first-order valence-electron chi connectivity index (χ1n) is 9.67. The second-order valence-corrected chi connectivity index (χ2v) is 8.56. The monoisotopic (exact) mass is 380 g/mol. The molecule has 1 aliphatic heterocycles. The number of thiazole rings is 1. The van der Waals surface area contributed by atoms with Gasteiger partial charge in [-0.25, -0.2) is 4.98 Å². The first-order valence-corrected chi connectivity index (χ1v) is 10.5. The molecule has 1 fully saturated rings. The molecule has 5 heteroatoms. The number of nitrogens with one attached hydrogen (secondary N) is 2. The third kappa shape index (κ3) is 4.04. The average Bonchev–Trinajstić information content (AvgIpc) is 3.09. The maximum absolute atomic E-state index is 12.7. The number of amides is 1. The lowest BCUT2D eigenvalue weighted by atomic mass is 10.0. The molecule has 4 rings (SSSR count). The summed E-state index contributed by atoms with van der Waals surface area (Å²) < 4.78 is 1.23. The van der Waals surface area contributed by atoms with E-state index in [0.717, 1.165) is 24.2 Å². The number of hydrogen-bond acceptors (Lipinski definition) is 3. The second-order valence-electron chi connectivity index (χ2n) is 7.50. The normalized spacial score (nSPS) is 19.9. The molecule has 0 saturated carbocycles. The van der Waals surface area contributed by atoms with Crippen LogP contribution in [0.5, 0.6) is 0 Å². The van der Waals surface area contributed by atoms with E-state index in [2.05, 4.69) is 43.4 Å². The summed E-state index contributed by atoms with van der Waals surface area (Å²) in [5.74, 6) is 0.0845. The van der Waals surface area contributed by atoms with Gasteiger partial charge < -0.3 is 10.2 Å². The number of anilines is 1. The highest BCUT2D eigenvalue weighted by molar-refractivity contribution is 7.18. The third-order valence-corrected chi connectivity index (χ3v) is 6.67. The smallest absolute Gasteiger partial charge is 0.279 e. The highest BCUT2D eigenvalue weighted by Crippen LogP contribution is 2.28. The van der Waals surface area contributed by atoms with Gasteiger partial charge in [-0.15, -0.1) is 11.3 Å². The maximum Gasteiger partial charge on any atom is 0.279 e. The Hall–Kier alpha value is -2.24. The highest BCUT2D eigenvalue weighted by Gasteiger charge is 2.31. The minimum atomic E-state index is 0.0845. The van der Waals surface area contributed by atoms with Gasteiger partial charge in [-0.05, 0) is 62.1 Å². The number of quaternary nitrogens is 1. The Labute approximate surface area is 164 Å². The van der Waals surface area contributed by atoms with Crippen LogP contribution in [0.15, 0.2) is 42.5 Å². The molecule has 1 amide bonds. The molecule has 1 aromatic heterocycles. The molecule has 0 radical (unpaired) electrons. The summed E-state index contributed by atoms with van der Waals surface area (Å²) in [7, 11) is 0. The first kappa shape index (κ1) is 18.1. The van der Waals surface area contributed by atoms with Crippen LogP contribution in [0.2, 0.25) is 0 Å². The van der Waals surface area contributed by atoms with Crippen molar-refractivity contribution in [2.45, 2.75) is 39.2 Å². The number of aromatic nitrogens is 1. The van der Waals surface area contributed by atoms with Crippen LogP contribution in [0.25, 0.3) is 10.2 Å². The fourth-order valence-corrected chi connectivity index (χ4v) is 5.02. The van der Waals surface area contributed by atoms with Crippen molar-refractivity contribution in [1.82, 2.24) is 4.98 Å². The molecule has 2 heterocycles. The number of hydrogen-bond donors (Lipinski definition) is 2. The van der Waals surface area contributed by atoms with Crippen molar-refractivity contribution in [1.29, 1.82) is 0 Å². The van der Waals surface area contributed by atoms with E-state index >= 15 is 0 Å². The number of likely N-dealkylation sites (tertiary alicyclic amines) is 1. The maximum atomic E-state index is 12.7. The van der Waals surface area contributed by atoms with Gasteiger partial charge in [-0.2, -0.15) is 0 Å². The molecule has 2 N–H and O–H groups in total. The van der Waals surface area contributed by atoms with E-state index in [-0.39, 0.29) is 5.91 Å². The molecule has 1 saturated heterocycles. The van der Waals surface area contributed by atoms with Crippen molar-refractivity contribution >= 4 is 33.1 Å². The summed E-state index contributed by atoms with van der Waals surface area (Å²) >= 11 is 1.78. The molecule has 2 aromatic carbocycles. The summed E-state index contributed by atoms with van der Waals surface area (Å²) in [6.45, 7) is 5.68. The molecule has 27 heavy (non-hydrogen) atoms. The minimum absolute atomic E-state index is 0.0845. The summed E-state index contributed by atoms with van der Waals surface area (Å²) in [5.41, 5.74) is 4.40. The lowest BCUT2D eigenvalue weighted by Crippen LogP contribution is -3.14. The van der Waals surface area contributed by atoms with Gasteiger partial charge in [0.25, 0.3) is 5.91 Å². The number of benzene rings is 2. The van der Waals surface area contributed by atoms with Crippen molar-refractivity contribution in [2.24, 2.45) is 0 Å². The SMILES string of the molecule is Cc1ccc(NC(=O)C[NH+]2CCCC[C@H]2c2nc3ccccc3s2)cc1C. The zero-order chi connectivity index (χ0) is 18.8. The van der Waals surface area contributed by atoms with Gasteiger partial charge in [0.05, 0.1) is 16.8 Å². The van der Waals surface area contributed by atoms with E-state index in [1.807, 2.05) is 18.2 Å². The number of aryl methyl sites for hydroxylation is 2. The van der Waals surface area contributed by atoms with Crippen LogP contribution in [0.4, 0.5) is 5.69 Å². The molecule has 3 aromatic rings. The number of carbonyl (C=O) groups is 1. The summed E-state index contributed by atoms with van der Waals surface area (Å²) in [5, 5.41) is 4.25. The zero-order valence-corrected chi connectivity index (χ0v) is 16.7. The number of piperidine rings is 1. The second kappa shape index (κ2) is 7.79. The van der Waals surface area contributed by atoms with Crippen molar-refractivity contribution in [3.8, 4) is 0 Å². The zero-order valence-electron chi connectivity index (χ0n) is 15.9. The van der Waals surface area contributed by atoms with Gasteiger partial charge in [0.2, 0.25) is 0 Å². The molecule has 0 bridgehead atoms. The van der Waals surface area contributed by atoms with E-state index in [1.165, 1.54) is 38.6 Å². The summed E-state index contributed by atoms with van der Waals surface area (Å²) in [4.78, 5) is 18.9. The Bertz CT molecular complexity index is 932. The van der Waals surface area contributed by atoms with E-state index < -0.39 is 0 Å². The van der Waals surface area contributed by atoms with E-state index in [1.54, 1.807) is 11.3 Å². The van der Waals surface area contributed by atoms with Crippen molar-refractivity contribution in [3.63, 3.8) is 0 Å². The number of para-hydroxylation sites is 1. The number of rotatable bonds is 4. The Morgan fingerprint density at radius 1 is 1.19 bits per heavy atom. The van der Waals surface area contributed by atoms with Gasteiger partial charge in [-0.1, -0.05) is 18.2 Å². The quantitative estimate of drug-likeness (QED) is 0.726. The van der Waals surface area contributed by atoms with Gasteiger partial charge in [0, 0.05) is 12.1 Å². The van der Waals surface area contributed by atoms with E-state index in [0.29, 0.717) is 12.6 Å². The Morgan fingerprint density at radius 3 is 2.85 bits per heavy atom. The lowest BCUT2D eigenvalue weighted by Gasteiger charge is -2.30. The third-order valence-electron chi connectivity index (χ3n) is 5.52. The Morgan fingerprint density at radius 2 is 2.04 bits per heavy atom. The number of fused-ring (bicyclic) bond motifs is 1. The van der Waals surface area contributed by atoms with Gasteiger partial charge in [0.15, 0.2) is 11.6 Å². The fourth-order valence-electron chi connectivity index (χ4n) is 3.86. The standard InChI is InChI=1S/C22H25N3OS/c1-15-10-11-17(13-16(15)2)23-21(26)14-25-12-6-5-8-19(25)22-24-18-7-3-4-9-20(18)27-22/h3-4,7,9-11,13,19H,5-6,8,12,14H2,1-2H3,(H,23,26)/p+1/t19-/m0/s1. The molecule has 4 nitrogen and oxygen atoms in total. The van der Waals surface area contributed by atoms with Crippen LogP contribution in [0, 0.1) is 13.8 Å². The molecular weight excluding hydrogens is 354 g/mol. The first-order chi connectivity index (χ1) is 13.1. The molecule has 2 atom stereocenters. The molecule has 0 aliphatic carbocycles. The number of nitrogens with zero attached hydrogens (tertiary/aromatic N) is 1. The highest BCUT2D eigenvalue weighted by atomic mass is 32.1. The van der Waals surface area contributed by atoms with Crippen LogP contribution in [-0.2, 0) is 4.79 Å². The topological polar surface area (TPSA) is 46.4 Å². The van der Waals surface area contributed by atoms with Crippen LogP contribution in [-0.4, -0.2) is 24.0 Å². The molecule has 0 spiro atoms. The minimum Gasteiger partial charge on any atom is -0.321 e. The van der Waals surface area contributed by atoms with Crippen LogP contribution >= 0.6 is 11.3 Å². The molecule has 140 valence electrons. The van der Waals surface area contributed by atoms with Crippen molar-refractivity contribution in [3.05, 3.63) is 58.6 Å². The van der Waals surface area contributed by atoms with Crippen molar-refractivity contribution in [2.75, 3.05) is 18.4 Å². The summed E-state index contributed by atoms with van der Waals surface area (Å²) in [6, 6.07) is 14.7. The fraction of sp³-hybridized carbons (Fsp3) is 0.364.